The highest BCUT2D eigenvalue weighted by Crippen LogP contribution is 2.16. The van der Waals surface area contributed by atoms with Gasteiger partial charge in [-0.3, -0.25) is 4.79 Å². The summed E-state index contributed by atoms with van der Waals surface area (Å²) in [5, 5.41) is 7.74. The average molecular weight is 390 g/mol. The van der Waals surface area contributed by atoms with E-state index >= 15 is 0 Å². The number of hydrogen-bond acceptors (Lipinski definition) is 5. The molecule has 0 saturated carbocycles. The molecular formula is C19H22N2O5S. The highest BCUT2D eigenvalue weighted by Gasteiger charge is 2.16. The van der Waals surface area contributed by atoms with Gasteiger partial charge in [0.25, 0.3) is 5.91 Å². The molecule has 144 valence electrons. The predicted octanol–water partition coefficient (Wildman–Crippen LogP) is 1.99. The fourth-order valence-electron chi connectivity index (χ4n) is 2.49. The summed E-state index contributed by atoms with van der Waals surface area (Å²) < 4.78 is 27.6. The minimum absolute atomic E-state index is 0.00719. The molecule has 27 heavy (non-hydrogen) atoms. The number of benzene rings is 2. The van der Waals surface area contributed by atoms with Crippen molar-refractivity contribution in [2.24, 2.45) is 5.14 Å². The van der Waals surface area contributed by atoms with Crippen molar-refractivity contribution in [3.63, 3.8) is 0 Å². The molecule has 0 aliphatic rings. The molecule has 0 radical (unpaired) electrons. The molecule has 3 N–H and O–H groups in total. The third kappa shape index (κ3) is 5.38. The summed E-state index contributed by atoms with van der Waals surface area (Å²) >= 11 is 0. The normalized spacial score (nSPS) is 12.3. The van der Waals surface area contributed by atoms with E-state index in [0.29, 0.717) is 11.1 Å². The number of amides is 1. The van der Waals surface area contributed by atoms with E-state index in [1.807, 2.05) is 19.9 Å². The van der Waals surface area contributed by atoms with Crippen molar-refractivity contribution in [3.05, 3.63) is 64.7 Å². The third-order valence-electron chi connectivity index (χ3n) is 4.25. The zero-order valence-corrected chi connectivity index (χ0v) is 16.2. The maximum atomic E-state index is 12.1. The first-order valence-electron chi connectivity index (χ1n) is 8.25. The van der Waals surface area contributed by atoms with Crippen LogP contribution in [0.5, 0.6) is 0 Å². The van der Waals surface area contributed by atoms with Gasteiger partial charge in [-0.25, -0.2) is 18.4 Å². The molecule has 2 aromatic carbocycles. The summed E-state index contributed by atoms with van der Waals surface area (Å²) in [5.41, 5.74) is 2.89. The maximum Gasteiger partial charge on any atom is 0.338 e. The highest BCUT2D eigenvalue weighted by atomic mass is 32.2. The number of nitrogens with one attached hydrogen (secondary N) is 1. The van der Waals surface area contributed by atoms with Crippen molar-refractivity contribution in [2.75, 3.05) is 6.61 Å². The number of esters is 1. The zero-order valence-electron chi connectivity index (χ0n) is 15.4. The summed E-state index contributed by atoms with van der Waals surface area (Å²) in [5.74, 6) is -1.02. The molecule has 0 aromatic heterocycles. The fourth-order valence-corrected chi connectivity index (χ4v) is 3.01. The number of ether oxygens (including phenoxy) is 1. The van der Waals surface area contributed by atoms with Crippen LogP contribution in [0.25, 0.3) is 0 Å². The van der Waals surface area contributed by atoms with Crippen molar-refractivity contribution in [2.45, 2.75) is 31.7 Å². The smallest absolute Gasteiger partial charge is 0.338 e. The Kier molecular flexibility index (Phi) is 6.35. The minimum Gasteiger partial charge on any atom is -0.452 e. The first-order valence-corrected chi connectivity index (χ1v) is 9.79. The number of nitrogens with two attached hydrogens (primary N) is 1. The lowest BCUT2D eigenvalue weighted by molar-refractivity contribution is -0.124. The van der Waals surface area contributed by atoms with Gasteiger partial charge in [0.2, 0.25) is 10.0 Å². The second-order valence-electron chi connectivity index (χ2n) is 6.23. The molecule has 2 aromatic rings. The van der Waals surface area contributed by atoms with Crippen molar-refractivity contribution < 1.29 is 22.7 Å². The number of carbonyl (C=O) groups excluding carboxylic acids is 2. The third-order valence-corrected chi connectivity index (χ3v) is 5.17. The average Bonchev–Trinajstić information content (AvgIpc) is 2.61. The molecule has 0 aliphatic heterocycles. The number of primary sulfonamides is 1. The SMILES string of the molecule is Cc1cccc(C(=O)OCC(=O)N[C@@H](C)c2ccc(S(N)(=O)=O)cc2)c1C. The molecule has 1 amide bonds. The van der Waals surface area contributed by atoms with Gasteiger partial charge >= 0.3 is 5.97 Å². The number of carbonyl (C=O) groups is 2. The van der Waals surface area contributed by atoms with E-state index in [1.165, 1.54) is 12.1 Å². The van der Waals surface area contributed by atoms with E-state index in [2.05, 4.69) is 5.32 Å². The van der Waals surface area contributed by atoms with Crippen molar-refractivity contribution in [1.29, 1.82) is 0 Å². The van der Waals surface area contributed by atoms with Crippen LogP contribution in [0.15, 0.2) is 47.4 Å². The molecule has 0 saturated heterocycles. The molecular weight excluding hydrogens is 368 g/mol. The molecule has 0 spiro atoms. The Morgan fingerprint density at radius 3 is 2.33 bits per heavy atom. The standard InChI is InChI=1S/C19H22N2O5S/c1-12-5-4-6-17(13(12)2)19(23)26-11-18(22)21-14(3)15-7-9-16(10-8-15)27(20,24)25/h4-10,14H,11H2,1-3H3,(H,21,22)(H2,20,24,25)/t14-/m0/s1. The number of rotatable bonds is 6. The molecule has 0 heterocycles. The topological polar surface area (TPSA) is 116 Å². The summed E-state index contributed by atoms with van der Waals surface area (Å²) in [7, 11) is -3.76. The van der Waals surface area contributed by atoms with E-state index in [1.54, 1.807) is 31.2 Å². The van der Waals surface area contributed by atoms with Crippen LogP contribution >= 0.6 is 0 Å². The van der Waals surface area contributed by atoms with Gasteiger partial charge < -0.3 is 10.1 Å². The lowest BCUT2D eigenvalue weighted by Crippen LogP contribution is -2.31. The van der Waals surface area contributed by atoms with Gasteiger partial charge in [-0.05, 0) is 55.7 Å². The van der Waals surface area contributed by atoms with Gasteiger partial charge in [0, 0.05) is 0 Å². The van der Waals surface area contributed by atoms with Crippen LogP contribution < -0.4 is 10.5 Å². The van der Waals surface area contributed by atoms with Gasteiger partial charge in [-0.15, -0.1) is 0 Å². The molecule has 8 heteroatoms. The zero-order chi connectivity index (χ0) is 20.2. The number of hydrogen-bond donors (Lipinski definition) is 2. The lowest BCUT2D eigenvalue weighted by atomic mass is 10.0. The summed E-state index contributed by atoms with van der Waals surface area (Å²) in [6.45, 7) is 5.03. The van der Waals surface area contributed by atoms with Gasteiger partial charge in [-0.2, -0.15) is 0 Å². The monoisotopic (exact) mass is 390 g/mol. The van der Waals surface area contributed by atoms with E-state index < -0.39 is 34.5 Å². The van der Waals surface area contributed by atoms with Crippen molar-refractivity contribution >= 4 is 21.9 Å². The quantitative estimate of drug-likeness (QED) is 0.732. The Morgan fingerprint density at radius 1 is 1.11 bits per heavy atom. The molecule has 0 aliphatic carbocycles. The van der Waals surface area contributed by atoms with E-state index in [9.17, 15) is 18.0 Å². The number of aryl methyl sites for hydroxylation is 1. The molecule has 1 atom stereocenters. The molecule has 7 nitrogen and oxygen atoms in total. The van der Waals surface area contributed by atoms with E-state index in [0.717, 1.165) is 11.1 Å². The second kappa shape index (κ2) is 8.32. The van der Waals surface area contributed by atoms with Crippen LogP contribution in [0.3, 0.4) is 0 Å². The van der Waals surface area contributed by atoms with Gasteiger partial charge in [0.1, 0.15) is 0 Å². The molecule has 0 unspecified atom stereocenters. The summed E-state index contributed by atoms with van der Waals surface area (Å²) in [6.07, 6.45) is 0. The highest BCUT2D eigenvalue weighted by molar-refractivity contribution is 7.89. The van der Waals surface area contributed by atoms with Crippen molar-refractivity contribution in [1.82, 2.24) is 5.32 Å². The van der Waals surface area contributed by atoms with E-state index in [-0.39, 0.29) is 4.90 Å². The van der Waals surface area contributed by atoms with Crippen LogP contribution in [0.1, 0.15) is 40.0 Å². The van der Waals surface area contributed by atoms with Crippen LogP contribution in [0.2, 0.25) is 0 Å². The largest absolute Gasteiger partial charge is 0.452 e. The summed E-state index contributed by atoms with van der Waals surface area (Å²) in [6, 6.07) is 10.8. The first kappa shape index (κ1) is 20.6. The lowest BCUT2D eigenvalue weighted by Gasteiger charge is -2.15. The predicted molar refractivity (Wildman–Crippen MR) is 101 cm³/mol. The maximum absolute atomic E-state index is 12.1. The Bertz CT molecular complexity index is 953. The van der Waals surface area contributed by atoms with Crippen molar-refractivity contribution in [3.8, 4) is 0 Å². The second-order valence-corrected chi connectivity index (χ2v) is 7.79. The van der Waals surface area contributed by atoms with Crippen LogP contribution in [-0.2, 0) is 19.6 Å². The van der Waals surface area contributed by atoms with Gasteiger partial charge in [0.15, 0.2) is 6.61 Å². The van der Waals surface area contributed by atoms with Gasteiger partial charge in [-0.1, -0.05) is 24.3 Å². The Hall–Kier alpha value is -2.71. The molecule has 0 fully saturated rings. The molecule has 2 rings (SSSR count). The Labute approximate surface area is 158 Å². The van der Waals surface area contributed by atoms with Crippen LogP contribution in [0, 0.1) is 13.8 Å². The Balaban J connectivity index is 1.93. The minimum atomic E-state index is -3.76. The Morgan fingerprint density at radius 2 is 1.74 bits per heavy atom. The fraction of sp³-hybridized carbons (Fsp3) is 0.263. The first-order chi connectivity index (χ1) is 12.6. The van der Waals surface area contributed by atoms with Crippen LogP contribution in [-0.4, -0.2) is 26.9 Å². The number of sulfonamides is 1. The van der Waals surface area contributed by atoms with E-state index in [4.69, 9.17) is 9.88 Å². The van der Waals surface area contributed by atoms with Crippen LogP contribution in [0.4, 0.5) is 0 Å². The summed E-state index contributed by atoms with van der Waals surface area (Å²) in [4.78, 5) is 24.2. The molecule has 0 bridgehead atoms. The van der Waals surface area contributed by atoms with Gasteiger partial charge in [0.05, 0.1) is 16.5 Å².